The molecule has 5 heteroatoms. The third-order valence-corrected chi connectivity index (χ3v) is 5.98. The van der Waals surface area contributed by atoms with Crippen LogP contribution in [0, 0.1) is 0 Å². The van der Waals surface area contributed by atoms with E-state index in [0.29, 0.717) is 5.88 Å². The van der Waals surface area contributed by atoms with Crippen molar-refractivity contribution in [2.45, 2.75) is 18.9 Å². The molecule has 0 fully saturated rings. The summed E-state index contributed by atoms with van der Waals surface area (Å²) in [5, 5.41) is 2.24. The van der Waals surface area contributed by atoms with Gasteiger partial charge in [0, 0.05) is 17.5 Å². The Balaban J connectivity index is 1.68. The van der Waals surface area contributed by atoms with Gasteiger partial charge in [-0.15, -0.1) is 0 Å². The number of nitrogens with zero attached hydrogens (tertiary/aromatic N) is 3. The molecule has 2 N–H and O–H groups in total. The number of benzene rings is 3. The number of nitrogens with two attached hydrogens (primary N) is 1. The number of aromatic nitrogens is 2. The van der Waals surface area contributed by atoms with Crippen LogP contribution in [-0.2, 0) is 6.54 Å². The van der Waals surface area contributed by atoms with Gasteiger partial charge >= 0.3 is 5.88 Å². The van der Waals surface area contributed by atoms with E-state index in [0.717, 1.165) is 53.0 Å². The lowest BCUT2D eigenvalue weighted by Crippen LogP contribution is -2.40. The van der Waals surface area contributed by atoms with E-state index in [9.17, 15) is 0 Å². The Kier molecular flexibility index (Phi) is 5.04. The summed E-state index contributed by atoms with van der Waals surface area (Å²) in [5.41, 5.74) is 10.00. The summed E-state index contributed by atoms with van der Waals surface area (Å²) in [7, 11) is 4.17. The SMILES string of the molecule is CN(C)CCC[n+]1cnc2c(c1N)[C@@H](c1ccccc1)c1ccc3ccccc3c1O2. The molecule has 1 atom stereocenters. The molecule has 0 aliphatic carbocycles. The van der Waals surface area contributed by atoms with E-state index in [2.05, 4.69) is 67.5 Å². The number of anilines is 1. The maximum Gasteiger partial charge on any atom is 0.306 e. The van der Waals surface area contributed by atoms with Crippen molar-refractivity contribution in [3.63, 3.8) is 0 Å². The number of nitrogen functional groups attached to an aromatic ring is 1. The maximum atomic E-state index is 6.75. The molecule has 2 heterocycles. The van der Waals surface area contributed by atoms with E-state index in [1.807, 2.05) is 29.1 Å². The predicted octanol–water partition coefficient (Wildman–Crippen LogP) is 4.34. The summed E-state index contributed by atoms with van der Waals surface area (Å²) in [6.07, 6.45) is 2.81. The molecule has 0 radical (unpaired) electrons. The molecule has 0 saturated heterocycles. The first-order chi connectivity index (χ1) is 15.1. The molecule has 0 unspecified atom stereocenters. The van der Waals surface area contributed by atoms with Crippen molar-refractivity contribution in [1.29, 1.82) is 0 Å². The summed E-state index contributed by atoms with van der Waals surface area (Å²) in [5.74, 6) is 2.16. The lowest BCUT2D eigenvalue weighted by atomic mass is 9.82. The van der Waals surface area contributed by atoms with E-state index in [1.165, 1.54) is 5.56 Å². The van der Waals surface area contributed by atoms with Gasteiger partial charge in [-0.2, -0.15) is 0 Å². The van der Waals surface area contributed by atoms with Crippen molar-refractivity contribution in [2.75, 3.05) is 26.4 Å². The Hall–Kier alpha value is -3.44. The maximum absolute atomic E-state index is 6.75. The van der Waals surface area contributed by atoms with Gasteiger partial charge < -0.3 is 15.4 Å². The third-order valence-electron chi connectivity index (χ3n) is 5.98. The highest BCUT2D eigenvalue weighted by molar-refractivity contribution is 5.91. The number of rotatable bonds is 5. The highest BCUT2D eigenvalue weighted by Gasteiger charge is 2.36. The van der Waals surface area contributed by atoms with E-state index in [4.69, 9.17) is 15.5 Å². The standard InChI is InChI=1S/C26H26N4O/c1-29(2)15-8-16-30-17-28-26-23(25(30)27)22(19-10-4-3-5-11-19)21-14-13-18-9-6-7-12-20(18)24(21)31-26/h3-7,9-14,17,22,27H,8,15-16H2,1-2H3/p+1/t22-/m0/s1. The Morgan fingerprint density at radius 2 is 1.77 bits per heavy atom. The molecule has 0 amide bonds. The minimum absolute atomic E-state index is 0.0293. The zero-order valence-corrected chi connectivity index (χ0v) is 18.0. The van der Waals surface area contributed by atoms with Crippen LogP contribution in [0.3, 0.4) is 0 Å². The molecule has 0 spiro atoms. The van der Waals surface area contributed by atoms with Crippen LogP contribution in [0.25, 0.3) is 10.8 Å². The fourth-order valence-electron chi connectivity index (χ4n) is 4.45. The van der Waals surface area contributed by atoms with Crippen LogP contribution >= 0.6 is 0 Å². The summed E-state index contributed by atoms with van der Waals surface area (Å²) in [6, 6.07) is 23.1. The van der Waals surface area contributed by atoms with Crippen LogP contribution in [0.15, 0.2) is 73.1 Å². The van der Waals surface area contributed by atoms with Crippen molar-refractivity contribution < 1.29 is 9.30 Å². The molecular weight excluding hydrogens is 384 g/mol. The highest BCUT2D eigenvalue weighted by atomic mass is 16.5. The summed E-state index contributed by atoms with van der Waals surface area (Å²) in [4.78, 5) is 6.89. The lowest BCUT2D eigenvalue weighted by Gasteiger charge is -2.28. The van der Waals surface area contributed by atoms with Crippen LogP contribution in [0.5, 0.6) is 11.6 Å². The first-order valence-corrected chi connectivity index (χ1v) is 10.7. The van der Waals surface area contributed by atoms with Gasteiger partial charge in [0.25, 0.3) is 0 Å². The molecular formula is C26H27N4O+. The van der Waals surface area contributed by atoms with Crippen molar-refractivity contribution in [1.82, 2.24) is 9.88 Å². The third kappa shape index (κ3) is 3.51. The first-order valence-electron chi connectivity index (χ1n) is 10.7. The van der Waals surface area contributed by atoms with Gasteiger partial charge in [0.2, 0.25) is 12.1 Å². The number of hydrogen-bond donors (Lipinski definition) is 1. The molecule has 156 valence electrons. The van der Waals surface area contributed by atoms with Crippen LogP contribution in [0.4, 0.5) is 5.82 Å². The molecule has 1 aromatic heterocycles. The smallest absolute Gasteiger partial charge is 0.306 e. The van der Waals surface area contributed by atoms with Gasteiger partial charge in [-0.3, -0.25) is 0 Å². The van der Waals surface area contributed by atoms with Crippen molar-refractivity contribution in [3.05, 3.63) is 89.7 Å². The van der Waals surface area contributed by atoms with E-state index < -0.39 is 0 Å². The predicted molar refractivity (Wildman–Crippen MR) is 123 cm³/mol. The first kappa shape index (κ1) is 19.5. The monoisotopic (exact) mass is 411 g/mol. The lowest BCUT2D eigenvalue weighted by molar-refractivity contribution is -0.686. The van der Waals surface area contributed by atoms with Crippen molar-refractivity contribution >= 4 is 16.6 Å². The topological polar surface area (TPSA) is 55.3 Å². The van der Waals surface area contributed by atoms with Crippen LogP contribution in [-0.4, -0.2) is 30.5 Å². The Labute approximate surface area is 182 Å². The Bertz CT molecular complexity index is 1240. The van der Waals surface area contributed by atoms with E-state index in [1.54, 1.807) is 0 Å². The van der Waals surface area contributed by atoms with E-state index in [-0.39, 0.29) is 5.92 Å². The second-order valence-electron chi connectivity index (χ2n) is 8.35. The van der Waals surface area contributed by atoms with Crippen LogP contribution in [0.2, 0.25) is 0 Å². The van der Waals surface area contributed by atoms with Gasteiger partial charge in [-0.25, -0.2) is 4.57 Å². The van der Waals surface area contributed by atoms with E-state index >= 15 is 0 Å². The largest absolute Gasteiger partial charge is 0.425 e. The van der Waals surface area contributed by atoms with Crippen molar-refractivity contribution in [3.8, 4) is 11.6 Å². The van der Waals surface area contributed by atoms with Gasteiger partial charge in [0.1, 0.15) is 11.3 Å². The van der Waals surface area contributed by atoms with Crippen LogP contribution < -0.4 is 15.0 Å². The normalized spacial score (nSPS) is 14.9. The zero-order chi connectivity index (χ0) is 21.4. The highest BCUT2D eigenvalue weighted by Crippen LogP contribution is 2.50. The number of hydrogen-bond acceptors (Lipinski definition) is 4. The zero-order valence-electron chi connectivity index (χ0n) is 18.0. The number of ether oxygens (including phenoxy) is 1. The molecule has 3 aromatic carbocycles. The summed E-state index contributed by atoms with van der Waals surface area (Å²) < 4.78 is 8.46. The summed E-state index contributed by atoms with van der Waals surface area (Å²) in [6.45, 7) is 1.81. The minimum Gasteiger partial charge on any atom is -0.425 e. The average Bonchev–Trinajstić information content (AvgIpc) is 2.79. The quantitative estimate of drug-likeness (QED) is 0.437. The fraction of sp³-hybridized carbons (Fsp3) is 0.231. The average molecular weight is 412 g/mol. The summed E-state index contributed by atoms with van der Waals surface area (Å²) >= 11 is 0. The minimum atomic E-state index is -0.0293. The second kappa shape index (κ2) is 8.00. The fourth-order valence-corrected chi connectivity index (χ4v) is 4.45. The Morgan fingerprint density at radius 3 is 2.58 bits per heavy atom. The second-order valence-corrected chi connectivity index (χ2v) is 8.35. The molecule has 31 heavy (non-hydrogen) atoms. The number of fused-ring (bicyclic) bond motifs is 4. The van der Waals surface area contributed by atoms with Crippen LogP contribution in [0.1, 0.15) is 29.0 Å². The number of aryl methyl sites for hydroxylation is 1. The molecule has 1 aliphatic rings. The molecule has 0 bridgehead atoms. The Morgan fingerprint density at radius 1 is 1.00 bits per heavy atom. The van der Waals surface area contributed by atoms with Gasteiger partial charge in [0.05, 0.1) is 12.5 Å². The van der Waals surface area contributed by atoms with Crippen molar-refractivity contribution in [2.24, 2.45) is 0 Å². The molecule has 1 aliphatic heterocycles. The molecule has 0 saturated carbocycles. The molecule has 5 rings (SSSR count). The molecule has 4 aromatic rings. The van der Waals surface area contributed by atoms with Gasteiger partial charge in [-0.05, 0) is 31.5 Å². The van der Waals surface area contributed by atoms with Gasteiger partial charge in [-0.1, -0.05) is 71.7 Å². The molecule has 5 nitrogen and oxygen atoms in total. The van der Waals surface area contributed by atoms with Gasteiger partial charge in [0.15, 0.2) is 0 Å².